The van der Waals surface area contributed by atoms with Crippen molar-refractivity contribution in [3.05, 3.63) is 28.3 Å². The van der Waals surface area contributed by atoms with Crippen LogP contribution in [0.5, 0.6) is 11.5 Å². The smallest absolute Gasteiger partial charge is 0.157 e. The molecule has 1 aromatic carbocycles. The fourth-order valence-electron chi connectivity index (χ4n) is 5.86. The van der Waals surface area contributed by atoms with E-state index in [4.69, 9.17) is 0 Å². The highest BCUT2D eigenvalue weighted by Crippen LogP contribution is 2.61. The summed E-state index contributed by atoms with van der Waals surface area (Å²) in [6, 6.07) is 1.79. The van der Waals surface area contributed by atoms with Gasteiger partial charge in [-0.05, 0) is 66.9 Å². The maximum absolute atomic E-state index is 11.3. The zero-order chi connectivity index (χ0) is 19.3. The van der Waals surface area contributed by atoms with Crippen molar-refractivity contribution in [2.24, 2.45) is 22.7 Å². The monoisotopic (exact) mass is 356 g/mol. The van der Waals surface area contributed by atoms with Gasteiger partial charge in [0.25, 0.3) is 0 Å². The van der Waals surface area contributed by atoms with E-state index in [0.717, 1.165) is 6.42 Å². The molecule has 3 atom stereocenters. The Balaban J connectivity index is 2.15. The highest BCUT2D eigenvalue weighted by atomic mass is 16.3. The lowest BCUT2D eigenvalue weighted by Crippen LogP contribution is -2.47. The van der Waals surface area contributed by atoms with Crippen LogP contribution in [0.3, 0.4) is 0 Å². The molecule has 142 valence electrons. The summed E-state index contributed by atoms with van der Waals surface area (Å²) in [5, 5.41) is 20.6. The zero-order valence-electron chi connectivity index (χ0n) is 16.7. The third-order valence-electron chi connectivity index (χ3n) is 7.27. The van der Waals surface area contributed by atoms with Crippen LogP contribution in [-0.4, -0.2) is 16.5 Å². The quantitative estimate of drug-likeness (QED) is 0.652. The summed E-state index contributed by atoms with van der Waals surface area (Å²) in [7, 11) is 0. The molecule has 2 aliphatic rings. The second-order valence-electron chi connectivity index (χ2n) is 9.40. The first-order chi connectivity index (χ1) is 12.1. The van der Waals surface area contributed by atoms with Crippen LogP contribution < -0.4 is 0 Å². The van der Waals surface area contributed by atoms with Crippen LogP contribution in [0.4, 0.5) is 0 Å². The highest BCUT2D eigenvalue weighted by Gasteiger charge is 2.51. The van der Waals surface area contributed by atoms with Crippen molar-refractivity contribution in [2.45, 2.75) is 66.7 Å². The lowest BCUT2D eigenvalue weighted by Gasteiger charge is -2.56. The van der Waals surface area contributed by atoms with Crippen LogP contribution in [0.25, 0.3) is 6.08 Å². The summed E-state index contributed by atoms with van der Waals surface area (Å²) in [6.07, 6.45) is 8.73. The molecule has 0 heterocycles. The first-order valence-corrected chi connectivity index (χ1v) is 9.84. The van der Waals surface area contributed by atoms with Crippen LogP contribution in [0, 0.1) is 29.6 Å². The molecule has 2 saturated carbocycles. The second-order valence-corrected chi connectivity index (χ2v) is 9.40. The molecule has 0 bridgehead atoms. The number of fused-ring (bicyclic) bond motifs is 1. The fourth-order valence-corrected chi connectivity index (χ4v) is 5.86. The number of phenols is 2. The van der Waals surface area contributed by atoms with Crippen LogP contribution in [0.2, 0.25) is 0 Å². The number of aromatic hydroxyl groups is 2. The standard InChI is InChI=1S/C23H32O3/c1-14-7-8-19-22(3,4)9-6-10-23(19,5)18(14)12-16-11-15(2)20(25)17(13-24)21(16)26/h11-14,19,25-26H,6-10H2,1-5H3/b18-12+/t14-,19+,23-/m1/s1. The Hall–Kier alpha value is -1.77. The van der Waals surface area contributed by atoms with Crippen LogP contribution in [0.1, 0.15) is 81.3 Å². The average molecular weight is 357 g/mol. The predicted octanol–water partition coefficient (Wildman–Crippen LogP) is 5.86. The minimum Gasteiger partial charge on any atom is -0.507 e. The number of aryl methyl sites for hydroxylation is 1. The topological polar surface area (TPSA) is 57.5 Å². The number of hydrogen-bond donors (Lipinski definition) is 2. The lowest BCUT2D eigenvalue weighted by atomic mass is 9.48. The van der Waals surface area contributed by atoms with E-state index in [0.29, 0.717) is 34.7 Å². The zero-order valence-corrected chi connectivity index (χ0v) is 16.7. The number of benzene rings is 1. The molecule has 3 heteroatoms. The number of carbonyl (C=O) groups is 1. The average Bonchev–Trinajstić information content (AvgIpc) is 2.55. The molecule has 0 radical (unpaired) electrons. The van der Waals surface area contributed by atoms with E-state index in [2.05, 4.69) is 33.8 Å². The molecule has 3 rings (SSSR count). The van der Waals surface area contributed by atoms with Crippen molar-refractivity contribution >= 4 is 12.4 Å². The van der Waals surface area contributed by atoms with Gasteiger partial charge in [-0.15, -0.1) is 0 Å². The van der Waals surface area contributed by atoms with Crippen LogP contribution in [0.15, 0.2) is 11.6 Å². The van der Waals surface area contributed by atoms with Crippen molar-refractivity contribution in [1.82, 2.24) is 0 Å². The number of aldehydes is 1. The summed E-state index contributed by atoms with van der Waals surface area (Å²) in [5.74, 6) is 0.860. The van der Waals surface area contributed by atoms with Gasteiger partial charge in [0.15, 0.2) is 6.29 Å². The van der Waals surface area contributed by atoms with E-state index in [9.17, 15) is 15.0 Å². The molecular weight excluding hydrogens is 324 g/mol. The molecule has 0 aromatic heterocycles. The normalized spacial score (nSPS) is 32.3. The Morgan fingerprint density at radius 1 is 1.12 bits per heavy atom. The van der Waals surface area contributed by atoms with Gasteiger partial charge in [0.05, 0.1) is 5.56 Å². The summed E-state index contributed by atoms with van der Waals surface area (Å²) in [4.78, 5) is 11.3. The molecule has 0 amide bonds. The molecule has 0 spiro atoms. The maximum Gasteiger partial charge on any atom is 0.157 e. The molecule has 1 aromatic rings. The number of allylic oxidation sites excluding steroid dienone is 1. The SMILES string of the molecule is Cc1cc(/C=C2\[C@H](C)CC[C@H]3C(C)(C)CCC[C@]23C)c(O)c(C=O)c1O. The van der Waals surface area contributed by atoms with Crippen molar-refractivity contribution < 1.29 is 15.0 Å². The fraction of sp³-hybridized carbons (Fsp3) is 0.609. The van der Waals surface area contributed by atoms with Crippen LogP contribution in [-0.2, 0) is 0 Å². The van der Waals surface area contributed by atoms with Crippen molar-refractivity contribution in [2.75, 3.05) is 0 Å². The van der Waals surface area contributed by atoms with Gasteiger partial charge in [-0.25, -0.2) is 0 Å². The molecule has 3 nitrogen and oxygen atoms in total. The Morgan fingerprint density at radius 2 is 1.81 bits per heavy atom. The summed E-state index contributed by atoms with van der Waals surface area (Å²) < 4.78 is 0. The predicted molar refractivity (Wildman–Crippen MR) is 106 cm³/mol. The van der Waals surface area contributed by atoms with Gasteiger partial charge in [0.2, 0.25) is 0 Å². The second kappa shape index (κ2) is 6.44. The van der Waals surface area contributed by atoms with E-state index in [1.54, 1.807) is 13.0 Å². The van der Waals surface area contributed by atoms with Gasteiger partial charge in [-0.2, -0.15) is 0 Å². The highest BCUT2D eigenvalue weighted by molar-refractivity contribution is 5.87. The van der Waals surface area contributed by atoms with Crippen molar-refractivity contribution in [1.29, 1.82) is 0 Å². The number of phenolic OH excluding ortho intramolecular Hbond substituents is 2. The maximum atomic E-state index is 11.3. The van der Waals surface area contributed by atoms with Gasteiger partial charge in [0, 0.05) is 5.56 Å². The first-order valence-electron chi connectivity index (χ1n) is 9.84. The van der Waals surface area contributed by atoms with Gasteiger partial charge in [-0.3, -0.25) is 4.79 Å². The van der Waals surface area contributed by atoms with E-state index >= 15 is 0 Å². The molecule has 0 saturated heterocycles. The van der Waals surface area contributed by atoms with Crippen LogP contribution >= 0.6 is 0 Å². The summed E-state index contributed by atoms with van der Waals surface area (Å²) >= 11 is 0. The molecule has 0 aliphatic heterocycles. The van der Waals surface area contributed by atoms with E-state index in [-0.39, 0.29) is 22.5 Å². The Bertz CT molecular complexity index is 759. The molecular formula is C23H32O3. The number of carbonyl (C=O) groups excluding carboxylic acids is 1. The van der Waals surface area contributed by atoms with Crippen molar-refractivity contribution in [3.8, 4) is 11.5 Å². The third kappa shape index (κ3) is 2.86. The van der Waals surface area contributed by atoms with E-state index in [1.807, 2.05) is 0 Å². The van der Waals surface area contributed by atoms with Crippen molar-refractivity contribution in [3.63, 3.8) is 0 Å². The summed E-state index contributed by atoms with van der Waals surface area (Å²) in [6.45, 7) is 11.2. The number of hydrogen-bond acceptors (Lipinski definition) is 3. The number of rotatable bonds is 2. The lowest BCUT2D eigenvalue weighted by molar-refractivity contribution is -0.00534. The Labute approximate surface area is 157 Å². The minimum absolute atomic E-state index is 0.00834. The molecule has 26 heavy (non-hydrogen) atoms. The third-order valence-corrected chi connectivity index (χ3v) is 7.27. The van der Waals surface area contributed by atoms with Gasteiger partial charge in [0.1, 0.15) is 11.5 Å². The molecule has 0 unspecified atom stereocenters. The summed E-state index contributed by atoms with van der Waals surface area (Å²) in [5.41, 5.74) is 3.09. The molecule has 2 aliphatic carbocycles. The van der Waals surface area contributed by atoms with E-state index < -0.39 is 0 Å². The first kappa shape index (κ1) is 19.0. The Kier molecular flexibility index (Phi) is 4.71. The largest absolute Gasteiger partial charge is 0.507 e. The molecule has 2 fully saturated rings. The Morgan fingerprint density at radius 3 is 2.46 bits per heavy atom. The molecule has 2 N–H and O–H groups in total. The van der Waals surface area contributed by atoms with E-state index in [1.165, 1.54) is 31.3 Å². The van der Waals surface area contributed by atoms with Gasteiger partial charge >= 0.3 is 0 Å². The minimum atomic E-state index is -0.126. The van der Waals surface area contributed by atoms with Gasteiger partial charge < -0.3 is 10.2 Å². The van der Waals surface area contributed by atoms with Gasteiger partial charge in [-0.1, -0.05) is 45.8 Å².